The van der Waals surface area contributed by atoms with Crippen molar-refractivity contribution in [1.29, 1.82) is 0 Å². The average Bonchev–Trinajstić information content (AvgIpc) is 3.51. The minimum atomic E-state index is 0.0450. The normalized spacial score (nSPS) is 23.7. The summed E-state index contributed by atoms with van der Waals surface area (Å²) in [6, 6.07) is 18.6. The predicted octanol–water partition coefficient (Wildman–Crippen LogP) is 7.21. The van der Waals surface area contributed by atoms with Crippen LogP contribution in [0.5, 0.6) is 0 Å². The number of fused-ring (bicyclic) bond motifs is 10. The molecule has 7 rings (SSSR count). The molecule has 3 aliphatic carbocycles. The second-order valence-electron chi connectivity index (χ2n) is 10.8. The molecule has 2 unspecified atom stereocenters. The number of rotatable bonds is 1. The molecule has 0 aromatic heterocycles. The van der Waals surface area contributed by atoms with Gasteiger partial charge in [0.05, 0.1) is 18.0 Å². The Balaban J connectivity index is 1.38. The highest BCUT2D eigenvalue weighted by Gasteiger charge is 2.43. The molecular weight excluding hydrogens is 376 g/mol. The van der Waals surface area contributed by atoms with Gasteiger partial charge in [0, 0.05) is 18.2 Å². The quantitative estimate of drug-likeness (QED) is 0.421. The Labute approximate surface area is 185 Å². The molecule has 0 amide bonds. The lowest BCUT2D eigenvalue weighted by Crippen LogP contribution is -2.25. The van der Waals surface area contributed by atoms with E-state index in [0.717, 1.165) is 18.5 Å². The molecule has 156 valence electrons. The molecule has 1 aliphatic heterocycles. The van der Waals surface area contributed by atoms with E-state index in [1.807, 2.05) is 0 Å². The highest BCUT2D eigenvalue weighted by atomic mass is 15.4. The summed E-state index contributed by atoms with van der Waals surface area (Å²) in [4.78, 5) is 5.05. The Bertz CT molecular complexity index is 1270. The van der Waals surface area contributed by atoms with Gasteiger partial charge in [0.1, 0.15) is 0 Å². The maximum Gasteiger partial charge on any atom is 0.0950 e. The Hall–Kier alpha value is -2.74. The SMILES string of the molecule is Cc1cc2c(c3c1C1CCC3C1)N(C)CN2c1ccc2c(c1)C(C)(C)c1ccccc1-2. The summed E-state index contributed by atoms with van der Waals surface area (Å²) in [5, 5.41) is 0. The van der Waals surface area contributed by atoms with Gasteiger partial charge in [-0.25, -0.2) is 0 Å². The van der Waals surface area contributed by atoms with Crippen LogP contribution in [0, 0.1) is 6.92 Å². The van der Waals surface area contributed by atoms with Gasteiger partial charge in [-0.3, -0.25) is 0 Å². The van der Waals surface area contributed by atoms with Crippen LogP contribution in [0.15, 0.2) is 48.5 Å². The van der Waals surface area contributed by atoms with Crippen LogP contribution in [0.4, 0.5) is 17.1 Å². The number of nitrogens with zero attached hydrogens (tertiary/aromatic N) is 2. The minimum absolute atomic E-state index is 0.0450. The van der Waals surface area contributed by atoms with E-state index in [-0.39, 0.29) is 5.41 Å². The van der Waals surface area contributed by atoms with E-state index in [0.29, 0.717) is 0 Å². The summed E-state index contributed by atoms with van der Waals surface area (Å²) in [5.74, 6) is 1.59. The van der Waals surface area contributed by atoms with Gasteiger partial charge < -0.3 is 9.80 Å². The highest BCUT2D eigenvalue weighted by Crippen LogP contribution is 2.60. The zero-order valence-corrected chi connectivity index (χ0v) is 19.0. The molecule has 0 saturated heterocycles. The fraction of sp³-hybridized carbons (Fsp3) is 0.379. The molecule has 0 radical (unpaired) electrons. The molecule has 4 aliphatic rings. The lowest BCUT2D eigenvalue weighted by Gasteiger charge is -2.25. The monoisotopic (exact) mass is 406 g/mol. The van der Waals surface area contributed by atoms with Gasteiger partial charge in [-0.15, -0.1) is 0 Å². The lowest BCUT2D eigenvalue weighted by molar-refractivity contribution is 0.660. The van der Waals surface area contributed by atoms with Crippen molar-refractivity contribution in [1.82, 2.24) is 0 Å². The van der Waals surface area contributed by atoms with Crippen molar-refractivity contribution < 1.29 is 0 Å². The van der Waals surface area contributed by atoms with E-state index >= 15 is 0 Å². The van der Waals surface area contributed by atoms with Crippen molar-refractivity contribution in [3.63, 3.8) is 0 Å². The Kier molecular flexibility index (Phi) is 3.31. The van der Waals surface area contributed by atoms with Crippen LogP contribution in [0.3, 0.4) is 0 Å². The number of anilines is 3. The summed E-state index contributed by atoms with van der Waals surface area (Å²) in [6.45, 7) is 8.03. The van der Waals surface area contributed by atoms with E-state index in [2.05, 4.69) is 86.1 Å². The number of benzene rings is 3. The van der Waals surface area contributed by atoms with Gasteiger partial charge in [0.2, 0.25) is 0 Å². The first-order valence-corrected chi connectivity index (χ1v) is 11.9. The van der Waals surface area contributed by atoms with Crippen LogP contribution in [0.2, 0.25) is 0 Å². The second kappa shape index (κ2) is 5.73. The largest absolute Gasteiger partial charge is 0.355 e. The van der Waals surface area contributed by atoms with E-state index in [9.17, 15) is 0 Å². The predicted molar refractivity (Wildman–Crippen MR) is 130 cm³/mol. The lowest BCUT2D eigenvalue weighted by atomic mass is 9.82. The number of hydrogen-bond donors (Lipinski definition) is 0. The van der Waals surface area contributed by atoms with Crippen molar-refractivity contribution in [2.75, 3.05) is 23.5 Å². The molecule has 2 heteroatoms. The Morgan fingerprint density at radius 1 is 0.871 bits per heavy atom. The molecule has 2 nitrogen and oxygen atoms in total. The first-order chi connectivity index (χ1) is 14.9. The van der Waals surface area contributed by atoms with Crippen molar-refractivity contribution in [2.24, 2.45) is 0 Å². The zero-order chi connectivity index (χ0) is 21.1. The number of hydrogen-bond acceptors (Lipinski definition) is 2. The summed E-state index contributed by atoms with van der Waals surface area (Å²) in [5.41, 5.74) is 14.9. The molecule has 3 aromatic carbocycles. The zero-order valence-electron chi connectivity index (χ0n) is 19.0. The standard InChI is InChI=1S/C29H30N2/c1-17-13-25-28(27-19-10-9-18(14-19)26(17)27)30(4)16-31(25)20-11-12-22-21-7-5-6-8-23(21)29(2,3)24(22)15-20/h5-8,11-13,15,18-19H,9-10,14,16H2,1-4H3. The van der Waals surface area contributed by atoms with Crippen LogP contribution in [0.25, 0.3) is 11.1 Å². The molecule has 1 fully saturated rings. The van der Waals surface area contributed by atoms with Crippen molar-refractivity contribution in [3.8, 4) is 11.1 Å². The van der Waals surface area contributed by atoms with Crippen LogP contribution < -0.4 is 9.80 Å². The van der Waals surface area contributed by atoms with E-state index < -0.39 is 0 Å². The molecule has 1 heterocycles. The van der Waals surface area contributed by atoms with E-state index in [1.54, 1.807) is 11.1 Å². The summed E-state index contributed by atoms with van der Waals surface area (Å²) in [6.07, 6.45) is 4.16. The van der Waals surface area contributed by atoms with Crippen LogP contribution in [0.1, 0.15) is 72.8 Å². The van der Waals surface area contributed by atoms with Crippen molar-refractivity contribution >= 4 is 17.1 Å². The van der Waals surface area contributed by atoms with Crippen molar-refractivity contribution in [3.05, 3.63) is 76.3 Å². The fourth-order valence-corrected chi connectivity index (χ4v) is 7.34. The van der Waals surface area contributed by atoms with Crippen LogP contribution >= 0.6 is 0 Å². The third-order valence-corrected chi connectivity index (χ3v) is 8.72. The van der Waals surface area contributed by atoms with Gasteiger partial charge in [-0.05, 0) is 95.2 Å². The summed E-state index contributed by atoms with van der Waals surface area (Å²) >= 11 is 0. The Morgan fingerprint density at radius 3 is 2.45 bits per heavy atom. The molecule has 0 N–H and O–H groups in total. The molecule has 31 heavy (non-hydrogen) atoms. The van der Waals surface area contributed by atoms with Gasteiger partial charge in [0.15, 0.2) is 0 Å². The maximum absolute atomic E-state index is 2.55. The van der Waals surface area contributed by atoms with Gasteiger partial charge in [-0.1, -0.05) is 44.2 Å². The average molecular weight is 407 g/mol. The molecular formula is C29H30N2. The molecule has 2 atom stereocenters. The third-order valence-electron chi connectivity index (χ3n) is 8.72. The van der Waals surface area contributed by atoms with Gasteiger partial charge >= 0.3 is 0 Å². The molecule has 1 saturated carbocycles. The van der Waals surface area contributed by atoms with E-state index in [1.165, 1.54) is 64.1 Å². The van der Waals surface area contributed by atoms with Gasteiger partial charge in [0.25, 0.3) is 0 Å². The molecule has 0 spiro atoms. The maximum atomic E-state index is 2.55. The van der Waals surface area contributed by atoms with E-state index in [4.69, 9.17) is 0 Å². The molecule has 3 aromatic rings. The van der Waals surface area contributed by atoms with Gasteiger partial charge in [-0.2, -0.15) is 0 Å². The Morgan fingerprint density at radius 2 is 1.61 bits per heavy atom. The van der Waals surface area contributed by atoms with Crippen LogP contribution in [-0.4, -0.2) is 13.7 Å². The minimum Gasteiger partial charge on any atom is -0.355 e. The highest BCUT2D eigenvalue weighted by molar-refractivity contribution is 5.89. The topological polar surface area (TPSA) is 6.48 Å². The summed E-state index contributed by atoms with van der Waals surface area (Å²) in [7, 11) is 2.29. The van der Waals surface area contributed by atoms with Crippen LogP contribution in [-0.2, 0) is 5.41 Å². The fourth-order valence-electron chi connectivity index (χ4n) is 7.34. The number of aryl methyl sites for hydroxylation is 1. The second-order valence-corrected chi connectivity index (χ2v) is 10.8. The van der Waals surface area contributed by atoms with Crippen molar-refractivity contribution in [2.45, 2.75) is 57.3 Å². The molecule has 2 bridgehead atoms. The first kappa shape index (κ1) is 17.9. The smallest absolute Gasteiger partial charge is 0.0950 e. The third kappa shape index (κ3) is 2.14. The first-order valence-electron chi connectivity index (χ1n) is 11.9. The summed E-state index contributed by atoms with van der Waals surface area (Å²) < 4.78 is 0.